The van der Waals surface area contributed by atoms with Crippen LogP contribution in [0.4, 0.5) is 0 Å². The van der Waals surface area contributed by atoms with E-state index >= 15 is 0 Å². The molecule has 1 aliphatic carbocycles. The second-order valence-corrected chi connectivity index (χ2v) is 6.88. The van der Waals surface area contributed by atoms with E-state index in [0.29, 0.717) is 36.1 Å². The van der Waals surface area contributed by atoms with Crippen LogP contribution in [-0.2, 0) is 4.79 Å². The number of ketones is 1. The number of rotatable bonds is 5. The summed E-state index contributed by atoms with van der Waals surface area (Å²) in [5.41, 5.74) is 1.77. The van der Waals surface area contributed by atoms with E-state index in [4.69, 9.17) is 16.3 Å². The van der Waals surface area contributed by atoms with Gasteiger partial charge in [-0.05, 0) is 31.4 Å². The van der Waals surface area contributed by atoms with Gasteiger partial charge in [0.05, 0.1) is 23.8 Å². The number of hydrogen-bond acceptors (Lipinski definition) is 5. The third kappa shape index (κ3) is 3.42. The van der Waals surface area contributed by atoms with Gasteiger partial charge < -0.3 is 4.74 Å². The molecule has 1 aliphatic rings. The molecule has 134 valence electrons. The van der Waals surface area contributed by atoms with Gasteiger partial charge in [-0.3, -0.25) is 9.36 Å². The number of fused-ring (bicyclic) bond motifs is 1. The maximum atomic E-state index is 11.9. The first kappa shape index (κ1) is 17.0. The first-order valence-corrected chi connectivity index (χ1v) is 9.20. The van der Waals surface area contributed by atoms with Crippen molar-refractivity contribution in [3.05, 3.63) is 41.8 Å². The van der Waals surface area contributed by atoms with E-state index < -0.39 is 0 Å². The summed E-state index contributed by atoms with van der Waals surface area (Å²) in [4.78, 5) is 24.8. The molecule has 4 rings (SSSR count). The van der Waals surface area contributed by atoms with Gasteiger partial charge in [0.1, 0.15) is 17.1 Å². The molecule has 1 unspecified atom stereocenters. The third-order valence-electron chi connectivity index (χ3n) is 4.76. The molecule has 0 aliphatic heterocycles. The Labute approximate surface area is 156 Å². The number of imidazole rings is 1. The predicted molar refractivity (Wildman–Crippen MR) is 98.7 cm³/mol. The smallest absolute Gasteiger partial charge is 0.318 e. The van der Waals surface area contributed by atoms with Gasteiger partial charge in [-0.15, -0.1) is 0 Å². The van der Waals surface area contributed by atoms with Crippen molar-refractivity contribution in [3.8, 4) is 11.8 Å². The molecule has 6 nitrogen and oxygen atoms in total. The summed E-state index contributed by atoms with van der Waals surface area (Å²) in [6.45, 7) is 0.419. The standard InChI is InChI=1S/C19H19ClN4O2/c20-14-11-21-19(26-10-9-13-5-1-4-8-17(13)25)23-18(14)24-12-22-15-6-2-3-7-16(15)24/h2-3,6-7,11-13H,1,4-5,8-10H2. The number of hydrogen-bond donors (Lipinski definition) is 0. The molecule has 3 aromatic rings. The van der Waals surface area contributed by atoms with Crippen molar-refractivity contribution >= 4 is 28.4 Å². The Morgan fingerprint density at radius 3 is 3.00 bits per heavy atom. The fourth-order valence-electron chi connectivity index (χ4n) is 3.36. The van der Waals surface area contributed by atoms with Crippen LogP contribution in [0.5, 0.6) is 6.01 Å². The zero-order chi connectivity index (χ0) is 17.9. The molecule has 1 atom stereocenters. The Morgan fingerprint density at radius 1 is 1.23 bits per heavy atom. The highest BCUT2D eigenvalue weighted by Gasteiger charge is 2.22. The van der Waals surface area contributed by atoms with Crippen molar-refractivity contribution in [2.75, 3.05) is 6.61 Å². The first-order chi connectivity index (χ1) is 12.7. The average Bonchev–Trinajstić information content (AvgIpc) is 3.09. The minimum Gasteiger partial charge on any atom is -0.463 e. The Morgan fingerprint density at radius 2 is 2.12 bits per heavy atom. The fourth-order valence-corrected chi connectivity index (χ4v) is 3.54. The number of halogens is 1. The molecule has 0 radical (unpaired) electrons. The molecule has 1 aromatic carbocycles. The number of nitrogens with zero attached hydrogens (tertiary/aromatic N) is 4. The van der Waals surface area contributed by atoms with Crippen LogP contribution in [-0.4, -0.2) is 31.9 Å². The number of ether oxygens (including phenoxy) is 1. The lowest BCUT2D eigenvalue weighted by molar-refractivity contribution is -0.125. The van der Waals surface area contributed by atoms with Crippen molar-refractivity contribution < 1.29 is 9.53 Å². The van der Waals surface area contributed by atoms with Gasteiger partial charge in [0.2, 0.25) is 0 Å². The van der Waals surface area contributed by atoms with Crippen molar-refractivity contribution in [1.29, 1.82) is 0 Å². The van der Waals surface area contributed by atoms with E-state index in [9.17, 15) is 4.79 Å². The molecule has 26 heavy (non-hydrogen) atoms. The summed E-state index contributed by atoms with van der Waals surface area (Å²) in [5.74, 6) is 0.981. The van der Waals surface area contributed by atoms with Gasteiger partial charge in [0.15, 0.2) is 5.82 Å². The summed E-state index contributed by atoms with van der Waals surface area (Å²) in [7, 11) is 0. The van der Waals surface area contributed by atoms with Crippen LogP contribution in [0.1, 0.15) is 32.1 Å². The summed E-state index contributed by atoms with van der Waals surface area (Å²) >= 11 is 6.29. The van der Waals surface area contributed by atoms with Crippen LogP contribution >= 0.6 is 11.6 Å². The van der Waals surface area contributed by atoms with Crippen LogP contribution in [0.3, 0.4) is 0 Å². The van der Waals surface area contributed by atoms with Gasteiger partial charge in [-0.25, -0.2) is 9.97 Å². The summed E-state index contributed by atoms with van der Waals surface area (Å²) < 4.78 is 7.51. The Bertz CT molecular complexity index is 940. The number of carbonyl (C=O) groups is 1. The summed E-state index contributed by atoms with van der Waals surface area (Å²) in [5, 5.41) is 0.419. The highest BCUT2D eigenvalue weighted by molar-refractivity contribution is 6.32. The molecule has 2 heterocycles. The van der Waals surface area contributed by atoms with Crippen molar-refractivity contribution in [3.63, 3.8) is 0 Å². The molecule has 0 bridgehead atoms. The van der Waals surface area contributed by atoms with Crippen LogP contribution in [0.2, 0.25) is 5.02 Å². The molecule has 2 aromatic heterocycles. The van der Waals surface area contributed by atoms with Gasteiger partial charge in [0, 0.05) is 12.3 Å². The SMILES string of the molecule is O=C1CCCCC1CCOc1ncc(Cl)c(-n2cnc3ccccc32)n1. The fraction of sp³-hybridized carbons (Fsp3) is 0.368. The molecular weight excluding hydrogens is 352 g/mol. The monoisotopic (exact) mass is 370 g/mol. The van der Waals surface area contributed by atoms with Crippen molar-refractivity contribution in [2.24, 2.45) is 5.92 Å². The predicted octanol–water partition coefficient (Wildman–Crippen LogP) is 4.00. The molecule has 0 spiro atoms. The van der Waals surface area contributed by atoms with E-state index in [2.05, 4.69) is 15.0 Å². The molecule has 7 heteroatoms. The van der Waals surface area contributed by atoms with Gasteiger partial charge >= 0.3 is 6.01 Å². The first-order valence-electron chi connectivity index (χ1n) is 8.83. The Hall–Kier alpha value is -2.47. The zero-order valence-corrected chi connectivity index (χ0v) is 15.0. The highest BCUT2D eigenvalue weighted by Crippen LogP contribution is 2.25. The minimum atomic E-state index is 0.105. The van der Waals surface area contributed by atoms with E-state index in [-0.39, 0.29) is 11.9 Å². The van der Waals surface area contributed by atoms with Crippen molar-refractivity contribution in [2.45, 2.75) is 32.1 Å². The number of para-hydroxylation sites is 2. The van der Waals surface area contributed by atoms with E-state index in [1.54, 1.807) is 6.33 Å². The molecule has 0 amide bonds. The quantitative estimate of drug-likeness (QED) is 0.679. The lowest BCUT2D eigenvalue weighted by Gasteiger charge is -2.20. The normalized spacial score (nSPS) is 17.6. The highest BCUT2D eigenvalue weighted by atomic mass is 35.5. The van der Waals surface area contributed by atoms with Gasteiger partial charge in [-0.1, -0.05) is 30.2 Å². The Kier molecular flexibility index (Phi) is 4.84. The average molecular weight is 371 g/mol. The summed E-state index contributed by atoms with van der Waals surface area (Å²) in [6.07, 6.45) is 7.69. The maximum Gasteiger partial charge on any atom is 0.318 e. The van der Waals surface area contributed by atoms with Crippen LogP contribution in [0, 0.1) is 5.92 Å². The third-order valence-corrected chi connectivity index (χ3v) is 5.03. The second-order valence-electron chi connectivity index (χ2n) is 6.47. The lowest BCUT2D eigenvalue weighted by atomic mass is 9.86. The van der Waals surface area contributed by atoms with Gasteiger partial charge in [-0.2, -0.15) is 4.98 Å². The topological polar surface area (TPSA) is 69.9 Å². The molecule has 1 fully saturated rings. The van der Waals surface area contributed by atoms with E-state index in [1.807, 2.05) is 28.8 Å². The number of Topliss-reactive ketones (excluding diaryl/α,β-unsaturated/α-hetero) is 1. The second kappa shape index (κ2) is 7.41. The number of benzene rings is 1. The maximum absolute atomic E-state index is 11.9. The van der Waals surface area contributed by atoms with E-state index in [0.717, 1.165) is 30.3 Å². The van der Waals surface area contributed by atoms with Gasteiger partial charge in [0.25, 0.3) is 0 Å². The van der Waals surface area contributed by atoms with E-state index in [1.165, 1.54) is 6.20 Å². The Balaban J connectivity index is 1.50. The minimum absolute atomic E-state index is 0.105. The summed E-state index contributed by atoms with van der Waals surface area (Å²) in [6, 6.07) is 8.01. The van der Waals surface area contributed by atoms with Crippen LogP contribution in [0.25, 0.3) is 16.9 Å². The molecule has 0 saturated heterocycles. The molecule has 0 N–H and O–H groups in total. The van der Waals surface area contributed by atoms with Crippen LogP contribution in [0.15, 0.2) is 36.8 Å². The number of aromatic nitrogens is 4. The molecule has 1 saturated carbocycles. The lowest BCUT2D eigenvalue weighted by Crippen LogP contribution is -2.21. The van der Waals surface area contributed by atoms with Crippen molar-refractivity contribution in [1.82, 2.24) is 19.5 Å². The molecular formula is C19H19ClN4O2. The zero-order valence-electron chi connectivity index (χ0n) is 14.3. The largest absolute Gasteiger partial charge is 0.463 e. The number of carbonyl (C=O) groups excluding carboxylic acids is 1. The van der Waals surface area contributed by atoms with Crippen LogP contribution < -0.4 is 4.74 Å².